The van der Waals surface area contributed by atoms with Gasteiger partial charge in [-0.05, 0) is 57.8 Å². The lowest BCUT2D eigenvalue weighted by atomic mass is 9.95. The number of amides is 2. The van der Waals surface area contributed by atoms with Crippen molar-refractivity contribution in [2.45, 2.75) is 371 Å². The minimum Gasteiger partial charge on any atom is -0.462 e. The van der Waals surface area contributed by atoms with E-state index in [1.165, 1.54) is 19.3 Å². The highest BCUT2D eigenvalue weighted by Crippen LogP contribution is 2.44. The van der Waals surface area contributed by atoms with Crippen molar-refractivity contribution < 1.29 is 114 Å². The summed E-state index contributed by atoms with van der Waals surface area (Å²) in [7, 11) is -14.8. The first-order valence-corrected chi connectivity index (χ1v) is 44.3. The lowest BCUT2D eigenvalue weighted by Crippen LogP contribution is -2.68. The number of aliphatic hydroxyl groups excluding tert-OH is 3. The number of nitrogens with one attached hydrogen (secondary N) is 2. The lowest BCUT2D eigenvalue weighted by molar-refractivity contribution is -0.296. The van der Waals surface area contributed by atoms with Crippen LogP contribution in [-0.4, -0.2) is 183 Å². The molecule has 9 N–H and O–H groups in total. The molecule has 0 aromatic carbocycles. The number of rotatable bonds is 63. The van der Waals surface area contributed by atoms with Crippen LogP contribution in [-0.2, 0) is 92.2 Å². The summed E-state index contributed by atoms with van der Waals surface area (Å²) in [5, 5.41) is 39.1. The normalized spacial score (nSPS) is 22.3. The molecule has 30 heteroatoms. The molecular weight excluding hydrogens is 1390 g/mol. The Hall–Kier alpha value is -2.63. The predicted octanol–water partition coefficient (Wildman–Crippen LogP) is 11.6. The molecule has 0 aliphatic carbocycles. The minimum atomic E-state index is -5.65. The summed E-state index contributed by atoms with van der Waals surface area (Å²) >= 11 is 0. The molecule has 2 amide bonds. The van der Waals surface area contributed by atoms with Crippen molar-refractivity contribution in [3.8, 4) is 0 Å². The number of aliphatic hydroxyl groups is 3. The molecule has 2 aliphatic rings. The average Bonchev–Trinajstić information content (AvgIpc) is 0.785. The Morgan fingerprint density at radius 2 is 0.891 bits per heavy atom. The summed E-state index contributed by atoms with van der Waals surface area (Å²) in [4.78, 5) is 111. The third kappa shape index (κ3) is 46.3. The number of hydrogen-bond donors (Lipinski definition) is 9. The van der Waals surface area contributed by atoms with Gasteiger partial charge in [-0.2, -0.15) is 0 Å². The third-order valence-corrected chi connectivity index (χ3v) is 21.6. The number of ether oxygens (including phenoxy) is 6. The van der Waals surface area contributed by atoms with Crippen molar-refractivity contribution >= 4 is 67.0 Å². The van der Waals surface area contributed by atoms with E-state index in [0.29, 0.717) is 38.5 Å². The van der Waals surface area contributed by atoms with Crippen LogP contribution in [0.25, 0.3) is 0 Å². The van der Waals surface area contributed by atoms with Crippen molar-refractivity contribution in [2.24, 2.45) is 0 Å². The summed E-state index contributed by atoms with van der Waals surface area (Å²) in [5.41, 5.74) is 0. The predicted molar refractivity (Wildman–Crippen MR) is 388 cm³/mol. The average molecular weight is 1520 g/mol. The van der Waals surface area contributed by atoms with E-state index in [9.17, 15) is 76.4 Å². The first-order valence-electron chi connectivity index (χ1n) is 38.3. The summed E-state index contributed by atoms with van der Waals surface area (Å²) in [6, 6.07) is -3.86. The Labute approximate surface area is 608 Å². The second-order valence-corrected chi connectivity index (χ2v) is 32.8. The minimum absolute atomic E-state index is 0.0280. The van der Waals surface area contributed by atoms with Gasteiger partial charge in [0.05, 0.1) is 32.2 Å². The molecule has 0 aromatic heterocycles. The molecule has 26 nitrogen and oxygen atoms in total. The van der Waals surface area contributed by atoms with Crippen LogP contribution in [0, 0.1) is 0 Å². The Balaban J connectivity index is 2.67. The van der Waals surface area contributed by atoms with Gasteiger partial charge >= 0.3 is 33.6 Å². The zero-order chi connectivity index (χ0) is 74.7. The largest absolute Gasteiger partial charge is 0.472 e. The molecule has 0 aromatic rings. The molecular formula is C71H132N2O24P2S2. The number of allylic oxidation sites excluding steroid dienone is 2. The molecule has 2 unspecified atom stereocenters. The first-order chi connectivity index (χ1) is 48.4. The van der Waals surface area contributed by atoms with Crippen molar-refractivity contribution in [1.29, 1.82) is 0 Å². The molecule has 0 saturated carbocycles. The second-order valence-electron chi connectivity index (χ2n) is 27.2. The summed E-state index contributed by atoms with van der Waals surface area (Å²) < 4.78 is 98.8. The maximum absolute atomic E-state index is 14.5. The van der Waals surface area contributed by atoms with Gasteiger partial charge in [0.25, 0.3) is 0 Å². The Kier molecular flexibility index (Phi) is 53.8. The molecule has 592 valence electrons. The molecule has 101 heavy (non-hydrogen) atoms. The maximum atomic E-state index is 14.5. The topological polar surface area (TPSA) is 393 Å². The summed E-state index contributed by atoms with van der Waals surface area (Å²) in [6.45, 7) is 8.41. The first kappa shape index (κ1) is 94.5. The number of phosphoric acid groups is 2. The van der Waals surface area contributed by atoms with Gasteiger partial charge in [-0.25, -0.2) is 9.13 Å². The quantitative estimate of drug-likeness (QED) is 0.00898. The van der Waals surface area contributed by atoms with Gasteiger partial charge in [-0.3, -0.25) is 41.4 Å². The van der Waals surface area contributed by atoms with E-state index >= 15 is 0 Å². The monoisotopic (exact) mass is 1520 g/mol. The fourth-order valence-corrected chi connectivity index (χ4v) is 15.4. The molecule has 2 saturated heterocycles. The van der Waals surface area contributed by atoms with Crippen LogP contribution in [0.2, 0.25) is 0 Å². The van der Waals surface area contributed by atoms with Crippen LogP contribution in [0.5, 0.6) is 0 Å². The number of carbonyl (C=O) groups is 5. The Morgan fingerprint density at radius 3 is 1.37 bits per heavy atom. The molecule has 2 heterocycles. The molecule has 14 atom stereocenters. The van der Waals surface area contributed by atoms with Gasteiger partial charge in [0.1, 0.15) is 54.1 Å². The van der Waals surface area contributed by atoms with Crippen LogP contribution >= 0.6 is 15.6 Å². The highest BCUT2D eigenvalue weighted by molar-refractivity contribution is 7.86. The van der Waals surface area contributed by atoms with Crippen LogP contribution in [0.3, 0.4) is 0 Å². The van der Waals surface area contributed by atoms with Crippen LogP contribution < -0.4 is 10.6 Å². The molecule has 0 spiro atoms. The molecule has 2 aliphatic heterocycles. The lowest BCUT2D eigenvalue weighted by Gasteiger charge is -2.47. The highest BCUT2D eigenvalue weighted by atomic mass is 32.2. The second kappa shape index (κ2) is 57.5. The van der Waals surface area contributed by atoms with E-state index in [2.05, 4.69) is 37.5 Å². The van der Waals surface area contributed by atoms with Crippen molar-refractivity contribution in [2.75, 3.05) is 36.2 Å². The van der Waals surface area contributed by atoms with Crippen LogP contribution in [0.1, 0.15) is 298 Å². The number of carbonyl (C=O) groups excluding carboxylic acids is 5. The van der Waals surface area contributed by atoms with Gasteiger partial charge in [0.15, 0.2) is 24.8 Å². The van der Waals surface area contributed by atoms with Crippen LogP contribution in [0.4, 0.5) is 0 Å². The molecule has 2 rings (SSSR count). The van der Waals surface area contributed by atoms with Crippen molar-refractivity contribution in [3.63, 3.8) is 0 Å². The molecule has 2 fully saturated rings. The summed E-state index contributed by atoms with van der Waals surface area (Å²) in [5.74, 6) is -5.77. The van der Waals surface area contributed by atoms with Gasteiger partial charge in [-0.1, -0.05) is 233 Å². The maximum Gasteiger partial charge on any atom is 0.472 e. The van der Waals surface area contributed by atoms with Gasteiger partial charge in [-0.15, -0.1) is 0 Å². The van der Waals surface area contributed by atoms with Crippen molar-refractivity contribution in [3.05, 3.63) is 12.2 Å². The van der Waals surface area contributed by atoms with Gasteiger partial charge < -0.3 is 73.9 Å². The number of esters is 3. The van der Waals surface area contributed by atoms with E-state index < -0.39 is 178 Å². The number of unbranched alkanes of at least 4 members (excludes halogenated alkanes) is 30. The smallest absolute Gasteiger partial charge is 0.462 e. The van der Waals surface area contributed by atoms with Crippen LogP contribution in [0.15, 0.2) is 12.2 Å². The summed E-state index contributed by atoms with van der Waals surface area (Å²) in [6.07, 6.45) is 18.0. The van der Waals surface area contributed by atoms with E-state index in [1.807, 2.05) is 19.9 Å². The van der Waals surface area contributed by atoms with Crippen molar-refractivity contribution in [1.82, 2.24) is 10.6 Å². The Morgan fingerprint density at radius 1 is 0.485 bits per heavy atom. The molecule has 0 radical (unpaired) electrons. The van der Waals surface area contributed by atoms with Gasteiger partial charge in [0.2, 0.25) is 11.8 Å². The van der Waals surface area contributed by atoms with E-state index in [1.54, 1.807) is 0 Å². The SMILES string of the molecule is CCCCCCC/C=C\CCCC(=O)O[C@H](CCCCCCC)CC(=O)O[C@@H]1[C@@H](NC(=O)CS(=O)CCCCCCCCCCC)[C@H](OC[C@H]2O[C@H](OP(=O)(O)O)[C@H](NC(=O)CS(=O)CCCCCCCCCCC)[C@@H](OC(=O)C[C@H](O)CCCCCCC)[C@@H]2O)O[C@H](CO)[C@H]1OP(=O)(O)O. The standard InChI is InChI=1S/C71H132N2O24P2S2/c1-6-11-16-21-24-27-28-31-36-41-46-61(78)91-56(45-40-35-20-15-10-5)50-63(80)95-69-65(73-60(77)54-101(89)48-43-38-33-30-26-23-18-13-8-3)70(92-57(51-74)67(69)96-98(82,83)84)90-52-58-66(81)68(94-62(79)49-55(75)44-39-34-19-14-9-4)64(71(93-58)97-99(85,86)87)72-59(76)53-100(88)47-42-37-32-29-25-22-17-12-7-2/h28,31,55-58,64-71,74-75,81H,6-27,29-30,32-54H2,1-5H3,(H,72,76)(H,73,77)(H2,82,83,84)(H2,85,86,87)/b31-28-/t55-,56-,57-,58-,64-,65-,66-,67-,68-,69-,70-,71-,100?,101?/m1/s1. The zero-order valence-electron chi connectivity index (χ0n) is 61.6. The van der Waals surface area contributed by atoms with E-state index in [-0.39, 0.29) is 30.8 Å². The zero-order valence-corrected chi connectivity index (χ0v) is 65.0. The highest BCUT2D eigenvalue weighted by Gasteiger charge is 2.55. The fraction of sp³-hybridized carbons (Fsp3) is 0.901. The third-order valence-electron chi connectivity index (χ3n) is 17.9. The Bertz CT molecular complexity index is 2410. The van der Waals surface area contributed by atoms with E-state index in [4.69, 9.17) is 37.5 Å². The number of phosphoric ester groups is 2. The van der Waals surface area contributed by atoms with E-state index in [0.717, 1.165) is 173 Å². The fourth-order valence-electron chi connectivity index (χ4n) is 12.3. The molecule has 0 bridgehead atoms. The number of hydrogen-bond acceptors (Lipinski definition) is 20. The van der Waals surface area contributed by atoms with Gasteiger partial charge in [0, 0.05) is 39.5 Å².